The number of ether oxygens (including phenoxy) is 2. The number of rotatable bonds is 17. The molecule has 0 N–H and O–H groups in total. The molecule has 0 aliphatic carbocycles. The Balaban J connectivity index is 2.52. The smallest absolute Gasteiger partial charge is 0.416 e. The lowest BCUT2D eigenvalue weighted by molar-refractivity contribution is -0.139. The van der Waals surface area contributed by atoms with Crippen LogP contribution in [0.25, 0.3) is 0 Å². The molecular formula is C40H75NO7Si3. The molecule has 1 saturated heterocycles. The van der Waals surface area contributed by atoms with Gasteiger partial charge in [0, 0.05) is 20.1 Å². The lowest BCUT2D eigenvalue weighted by Gasteiger charge is -2.49. The van der Waals surface area contributed by atoms with Gasteiger partial charge in [-0.05, 0) is 86.1 Å². The summed E-state index contributed by atoms with van der Waals surface area (Å²) in [6.45, 7) is 38.7. The quantitative estimate of drug-likeness (QED) is 0.115. The van der Waals surface area contributed by atoms with Crippen LogP contribution in [-0.2, 0) is 34.0 Å². The molecule has 1 aromatic carbocycles. The van der Waals surface area contributed by atoms with Crippen LogP contribution in [0.2, 0.25) is 54.4 Å². The van der Waals surface area contributed by atoms with Crippen LogP contribution in [-0.4, -0.2) is 86.0 Å². The van der Waals surface area contributed by atoms with E-state index in [1.807, 2.05) is 37.3 Å². The molecule has 0 radical (unpaired) electrons. The van der Waals surface area contributed by atoms with Gasteiger partial charge in [-0.2, -0.15) is 0 Å². The van der Waals surface area contributed by atoms with Crippen LogP contribution in [0.1, 0.15) is 101 Å². The highest BCUT2D eigenvalue weighted by atomic mass is 28.4. The first kappa shape index (κ1) is 45.8. The third-order valence-electron chi connectivity index (χ3n) is 12.5. The van der Waals surface area contributed by atoms with Crippen molar-refractivity contribution in [2.75, 3.05) is 20.3 Å². The summed E-state index contributed by atoms with van der Waals surface area (Å²) in [5, 5.41) is 0.0112. The largest absolute Gasteiger partial charge is 0.447 e. The minimum absolute atomic E-state index is 0.0195. The zero-order chi connectivity index (χ0) is 39.4. The monoisotopic (exact) mass is 765 g/mol. The Morgan fingerprint density at radius 3 is 1.88 bits per heavy atom. The molecule has 0 unspecified atom stereocenters. The third-order valence-corrected chi connectivity index (χ3v) is 26.1. The van der Waals surface area contributed by atoms with Crippen molar-refractivity contribution in [1.82, 2.24) is 4.90 Å². The molecule has 2 amide bonds. The summed E-state index contributed by atoms with van der Waals surface area (Å²) < 4.78 is 33.0. The second kappa shape index (κ2) is 17.0. The first-order valence-electron chi connectivity index (χ1n) is 19.1. The van der Waals surface area contributed by atoms with Gasteiger partial charge in [-0.1, -0.05) is 99.6 Å². The highest BCUT2D eigenvalue weighted by molar-refractivity contribution is 6.75. The average molecular weight is 766 g/mol. The van der Waals surface area contributed by atoms with Gasteiger partial charge >= 0.3 is 6.09 Å². The number of carbonyl (C=O) groups excluding carboxylic acids is 2. The molecule has 1 heterocycles. The van der Waals surface area contributed by atoms with Crippen LogP contribution in [0.5, 0.6) is 0 Å². The molecule has 0 saturated carbocycles. The second-order valence-electron chi connectivity index (χ2n) is 19.7. The van der Waals surface area contributed by atoms with Crippen molar-refractivity contribution >= 4 is 37.0 Å². The van der Waals surface area contributed by atoms with E-state index in [0.717, 1.165) is 18.4 Å². The Bertz CT molecular complexity index is 1280. The van der Waals surface area contributed by atoms with Crippen molar-refractivity contribution in [3.05, 3.63) is 35.9 Å². The van der Waals surface area contributed by atoms with E-state index in [2.05, 4.69) is 109 Å². The Morgan fingerprint density at radius 1 is 0.863 bits per heavy atom. The molecule has 1 aliphatic heterocycles. The molecule has 294 valence electrons. The van der Waals surface area contributed by atoms with Gasteiger partial charge in [0.15, 0.2) is 25.0 Å². The summed E-state index contributed by atoms with van der Waals surface area (Å²) in [4.78, 5) is 29.0. The van der Waals surface area contributed by atoms with Crippen LogP contribution < -0.4 is 0 Å². The van der Waals surface area contributed by atoms with Crippen LogP contribution in [0, 0.1) is 5.92 Å². The van der Waals surface area contributed by atoms with Crippen molar-refractivity contribution < 1.29 is 32.3 Å². The van der Waals surface area contributed by atoms with Crippen LogP contribution in [0.15, 0.2) is 30.3 Å². The Labute approximate surface area is 315 Å². The summed E-state index contributed by atoms with van der Waals surface area (Å²) in [6.07, 6.45) is 1.05. The van der Waals surface area contributed by atoms with Gasteiger partial charge in [0.1, 0.15) is 6.61 Å². The van der Waals surface area contributed by atoms with E-state index in [4.69, 9.17) is 22.8 Å². The Hall–Kier alpha value is -1.35. The number of hydrogen-bond acceptors (Lipinski definition) is 7. The van der Waals surface area contributed by atoms with Crippen molar-refractivity contribution in [2.24, 2.45) is 5.92 Å². The van der Waals surface area contributed by atoms with Crippen molar-refractivity contribution in [3.8, 4) is 0 Å². The summed E-state index contributed by atoms with van der Waals surface area (Å²) >= 11 is 0. The van der Waals surface area contributed by atoms with Crippen molar-refractivity contribution in [1.29, 1.82) is 0 Å². The number of nitrogens with zero attached hydrogens (tertiary/aromatic N) is 1. The van der Waals surface area contributed by atoms with E-state index < -0.39 is 48.7 Å². The predicted molar refractivity (Wildman–Crippen MR) is 218 cm³/mol. The predicted octanol–water partition coefficient (Wildman–Crippen LogP) is 10.6. The SMILES string of the molecule is CO[C@H](C[C@H](O[Si](C)(C)C(C)(C)C)[C@@H](C)C(=O)N1C(=O)OC[C@H]1Cc1ccccc1)[C@@](C)(CCCO[Si](C)(C)C(C)(C)C)O[Si](C)(C)C(C)(C)C. The van der Waals surface area contributed by atoms with Crippen molar-refractivity contribution in [3.63, 3.8) is 0 Å². The van der Waals surface area contributed by atoms with Gasteiger partial charge in [0.25, 0.3) is 0 Å². The molecule has 0 aromatic heterocycles. The summed E-state index contributed by atoms with van der Waals surface area (Å²) in [5.74, 6) is -0.897. The summed E-state index contributed by atoms with van der Waals surface area (Å²) in [6, 6.07) is 9.55. The van der Waals surface area contributed by atoms with E-state index in [1.54, 1.807) is 7.11 Å². The number of amides is 2. The highest BCUT2D eigenvalue weighted by Gasteiger charge is 2.50. The Morgan fingerprint density at radius 2 is 1.39 bits per heavy atom. The lowest BCUT2D eigenvalue weighted by Crippen LogP contribution is -2.57. The number of cyclic esters (lactones) is 1. The molecule has 5 atom stereocenters. The van der Waals surface area contributed by atoms with Gasteiger partial charge in [-0.25, -0.2) is 9.69 Å². The standard InChI is InChI=1S/C40H75NO7Si3/c1-30(35(42)41-32(29-45-36(41)43)27-31-23-20-19-21-24-31)33(47-50(15,16)38(5,6)7)28-34(44-12)40(11,48-51(17,18)39(8,9)10)25-22-26-46-49(13,14)37(2,3)4/h19-21,23-24,30,32-34H,22,25-29H2,1-18H3/t30-,32-,33+,34-,40-/m1/s1. The van der Waals surface area contributed by atoms with Crippen LogP contribution in [0.3, 0.4) is 0 Å². The summed E-state index contributed by atoms with van der Waals surface area (Å²) in [5.41, 5.74) is 0.380. The minimum Gasteiger partial charge on any atom is -0.447 e. The molecule has 11 heteroatoms. The Kier molecular flexibility index (Phi) is 15.3. The summed E-state index contributed by atoms with van der Waals surface area (Å²) in [7, 11) is -4.84. The zero-order valence-electron chi connectivity index (χ0n) is 35.7. The maximum absolute atomic E-state index is 14.5. The fraction of sp³-hybridized carbons (Fsp3) is 0.800. The lowest BCUT2D eigenvalue weighted by atomic mass is 9.86. The number of imide groups is 1. The second-order valence-corrected chi connectivity index (χ2v) is 34.0. The molecule has 51 heavy (non-hydrogen) atoms. The first-order chi connectivity index (χ1) is 23.0. The number of carbonyl (C=O) groups is 2. The normalized spacial score (nSPS) is 19.8. The topological polar surface area (TPSA) is 83.5 Å². The van der Waals surface area contributed by atoms with E-state index in [1.165, 1.54) is 4.90 Å². The van der Waals surface area contributed by atoms with Gasteiger partial charge in [-0.3, -0.25) is 4.79 Å². The zero-order valence-corrected chi connectivity index (χ0v) is 38.7. The fourth-order valence-corrected chi connectivity index (χ4v) is 10.0. The molecule has 1 aliphatic rings. The third kappa shape index (κ3) is 11.8. The maximum Gasteiger partial charge on any atom is 0.416 e. The van der Waals surface area contributed by atoms with Crippen LogP contribution in [0.4, 0.5) is 4.79 Å². The molecule has 1 fully saturated rings. The van der Waals surface area contributed by atoms with Gasteiger partial charge in [0.2, 0.25) is 5.91 Å². The molecule has 2 rings (SSSR count). The van der Waals surface area contributed by atoms with Crippen molar-refractivity contribution in [2.45, 2.75) is 180 Å². The number of hydrogen-bond donors (Lipinski definition) is 0. The number of benzene rings is 1. The van der Waals surface area contributed by atoms with Gasteiger partial charge in [-0.15, -0.1) is 0 Å². The molecule has 1 aromatic rings. The first-order valence-corrected chi connectivity index (χ1v) is 27.8. The van der Waals surface area contributed by atoms with E-state index in [0.29, 0.717) is 19.4 Å². The van der Waals surface area contributed by atoms with Crippen LogP contribution >= 0.6 is 0 Å². The molecule has 0 spiro atoms. The molecule has 8 nitrogen and oxygen atoms in total. The van der Waals surface area contributed by atoms with E-state index in [9.17, 15) is 9.59 Å². The molecule has 0 bridgehead atoms. The minimum atomic E-state index is -2.39. The van der Waals surface area contributed by atoms with Gasteiger partial charge < -0.3 is 22.8 Å². The van der Waals surface area contributed by atoms with E-state index >= 15 is 0 Å². The average Bonchev–Trinajstić information content (AvgIpc) is 3.34. The van der Waals surface area contributed by atoms with Gasteiger partial charge in [0.05, 0.1) is 29.8 Å². The number of methoxy groups -OCH3 is 1. The van der Waals surface area contributed by atoms with E-state index in [-0.39, 0.29) is 39.8 Å². The molecular weight excluding hydrogens is 691 g/mol. The fourth-order valence-electron chi connectivity index (χ4n) is 5.84. The highest BCUT2D eigenvalue weighted by Crippen LogP contribution is 2.44. The maximum atomic E-state index is 14.5.